The summed E-state index contributed by atoms with van der Waals surface area (Å²) >= 11 is 0.919. The molecule has 1 aliphatic heterocycles. The average Bonchev–Trinajstić information content (AvgIpc) is 2.94. The molecule has 0 fully saturated rings. The molecule has 0 atom stereocenters. The summed E-state index contributed by atoms with van der Waals surface area (Å²) in [6, 6.07) is 13.8. The SMILES string of the molecule is O=C(Sc1ccccc1)C(=O)c1ccc2c(c1)OCO2. The number of carbonyl (C=O) groups is 2. The molecule has 0 saturated heterocycles. The zero-order chi connectivity index (χ0) is 13.9. The first-order chi connectivity index (χ1) is 9.74. The van der Waals surface area contributed by atoms with Crippen LogP contribution in [0.25, 0.3) is 0 Å². The van der Waals surface area contributed by atoms with Gasteiger partial charge in [0.2, 0.25) is 12.6 Å². The Morgan fingerprint density at radius 3 is 2.50 bits per heavy atom. The van der Waals surface area contributed by atoms with Gasteiger partial charge in [0.15, 0.2) is 11.5 Å². The van der Waals surface area contributed by atoms with Gasteiger partial charge in [-0.15, -0.1) is 0 Å². The van der Waals surface area contributed by atoms with Crippen molar-refractivity contribution >= 4 is 22.7 Å². The molecule has 1 aliphatic rings. The highest BCUT2D eigenvalue weighted by molar-refractivity contribution is 8.15. The van der Waals surface area contributed by atoms with Crippen LogP contribution < -0.4 is 9.47 Å². The second kappa shape index (κ2) is 5.38. The van der Waals surface area contributed by atoms with Crippen molar-refractivity contribution in [2.75, 3.05) is 6.79 Å². The number of benzene rings is 2. The number of ketones is 1. The van der Waals surface area contributed by atoms with Crippen LogP contribution in [-0.2, 0) is 4.79 Å². The van der Waals surface area contributed by atoms with Crippen molar-refractivity contribution in [1.82, 2.24) is 0 Å². The minimum Gasteiger partial charge on any atom is -0.454 e. The lowest BCUT2D eigenvalue weighted by Crippen LogP contribution is -2.10. The predicted molar refractivity (Wildman–Crippen MR) is 74.2 cm³/mol. The third-order valence-corrected chi connectivity index (χ3v) is 3.65. The lowest BCUT2D eigenvalue weighted by molar-refractivity contribution is -0.107. The predicted octanol–water partition coefficient (Wildman–Crippen LogP) is 2.92. The fraction of sp³-hybridized carbons (Fsp3) is 0.0667. The minimum absolute atomic E-state index is 0.139. The lowest BCUT2D eigenvalue weighted by Gasteiger charge is -2.02. The van der Waals surface area contributed by atoms with E-state index in [1.165, 1.54) is 6.07 Å². The Morgan fingerprint density at radius 1 is 0.950 bits per heavy atom. The van der Waals surface area contributed by atoms with Crippen LogP contribution >= 0.6 is 11.8 Å². The Morgan fingerprint density at radius 2 is 1.70 bits per heavy atom. The number of carbonyl (C=O) groups excluding carboxylic acids is 2. The van der Waals surface area contributed by atoms with Crippen LogP contribution in [0.15, 0.2) is 53.4 Å². The van der Waals surface area contributed by atoms with Gasteiger partial charge >= 0.3 is 0 Å². The Hall–Kier alpha value is -2.27. The first kappa shape index (κ1) is 12.7. The van der Waals surface area contributed by atoms with Crippen LogP contribution in [0, 0.1) is 0 Å². The van der Waals surface area contributed by atoms with Crippen LogP contribution in [0.4, 0.5) is 0 Å². The van der Waals surface area contributed by atoms with Crippen molar-refractivity contribution in [3.05, 3.63) is 54.1 Å². The summed E-state index contributed by atoms with van der Waals surface area (Å²) in [6.45, 7) is 0.139. The third-order valence-electron chi connectivity index (χ3n) is 2.77. The van der Waals surface area contributed by atoms with E-state index in [-0.39, 0.29) is 6.79 Å². The topological polar surface area (TPSA) is 52.6 Å². The Balaban J connectivity index is 1.77. The molecule has 2 aromatic rings. The Kier molecular flexibility index (Phi) is 3.43. The molecule has 0 amide bonds. The highest BCUT2D eigenvalue weighted by Gasteiger charge is 2.21. The van der Waals surface area contributed by atoms with Gasteiger partial charge in [-0.05, 0) is 42.1 Å². The summed E-state index contributed by atoms with van der Waals surface area (Å²) in [6.07, 6.45) is 0. The van der Waals surface area contributed by atoms with Crippen molar-refractivity contribution in [2.45, 2.75) is 4.90 Å². The summed E-state index contributed by atoms with van der Waals surface area (Å²) < 4.78 is 10.4. The molecule has 0 spiro atoms. The monoisotopic (exact) mass is 286 g/mol. The number of fused-ring (bicyclic) bond motifs is 1. The number of rotatable bonds is 3. The van der Waals surface area contributed by atoms with Crippen LogP contribution in [0.1, 0.15) is 10.4 Å². The number of hydrogen-bond donors (Lipinski definition) is 0. The van der Waals surface area contributed by atoms with Crippen LogP contribution in [0.2, 0.25) is 0 Å². The van der Waals surface area contributed by atoms with Crippen molar-refractivity contribution in [3.8, 4) is 11.5 Å². The van der Waals surface area contributed by atoms with Gasteiger partial charge in [-0.1, -0.05) is 18.2 Å². The van der Waals surface area contributed by atoms with E-state index in [1.54, 1.807) is 24.3 Å². The summed E-state index contributed by atoms with van der Waals surface area (Å²) in [5.74, 6) is 0.537. The summed E-state index contributed by atoms with van der Waals surface area (Å²) in [7, 11) is 0. The van der Waals surface area contributed by atoms with Gasteiger partial charge in [-0.2, -0.15) is 0 Å². The van der Waals surface area contributed by atoms with Crippen molar-refractivity contribution in [1.29, 1.82) is 0 Å². The molecule has 0 aliphatic carbocycles. The van der Waals surface area contributed by atoms with Gasteiger partial charge in [-0.3, -0.25) is 9.59 Å². The number of ether oxygens (including phenoxy) is 2. The van der Waals surface area contributed by atoms with Gasteiger partial charge in [0.05, 0.1) is 0 Å². The average molecular weight is 286 g/mol. The molecule has 2 aromatic carbocycles. The van der Waals surface area contributed by atoms with E-state index in [2.05, 4.69) is 0 Å². The first-order valence-electron chi connectivity index (χ1n) is 5.95. The minimum atomic E-state index is -0.544. The molecule has 0 radical (unpaired) electrons. The molecule has 0 bridgehead atoms. The third kappa shape index (κ3) is 2.53. The van der Waals surface area contributed by atoms with E-state index >= 15 is 0 Å². The largest absolute Gasteiger partial charge is 0.454 e. The molecular weight excluding hydrogens is 276 g/mol. The lowest BCUT2D eigenvalue weighted by atomic mass is 10.1. The molecular formula is C15H10O4S. The van der Waals surface area contributed by atoms with Crippen LogP contribution in [-0.4, -0.2) is 17.7 Å². The molecule has 100 valence electrons. The number of thioether (sulfide) groups is 1. The van der Waals surface area contributed by atoms with Crippen LogP contribution in [0.5, 0.6) is 11.5 Å². The van der Waals surface area contributed by atoms with Gasteiger partial charge < -0.3 is 9.47 Å². The highest BCUT2D eigenvalue weighted by atomic mass is 32.2. The number of Topliss-reactive ketones (excluding diaryl/α,β-unsaturated/α-hetero) is 1. The van der Waals surface area contributed by atoms with E-state index in [0.717, 1.165) is 16.7 Å². The maximum absolute atomic E-state index is 12.1. The van der Waals surface area contributed by atoms with Gasteiger partial charge in [-0.25, -0.2) is 0 Å². The molecule has 1 heterocycles. The second-order valence-corrected chi connectivity index (χ2v) is 5.15. The quantitative estimate of drug-likeness (QED) is 0.493. The van der Waals surface area contributed by atoms with E-state index in [0.29, 0.717) is 17.1 Å². The summed E-state index contributed by atoms with van der Waals surface area (Å²) in [4.78, 5) is 24.8. The smallest absolute Gasteiger partial charge is 0.264 e. The molecule has 0 N–H and O–H groups in total. The van der Waals surface area contributed by atoms with Crippen molar-refractivity contribution < 1.29 is 19.1 Å². The normalized spacial score (nSPS) is 12.2. The van der Waals surface area contributed by atoms with Crippen molar-refractivity contribution in [2.24, 2.45) is 0 Å². The van der Waals surface area contributed by atoms with Gasteiger partial charge in [0.1, 0.15) is 0 Å². The second-order valence-electron chi connectivity index (χ2n) is 4.10. The molecule has 5 heteroatoms. The molecule has 3 rings (SSSR count). The van der Waals surface area contributed by atoms with E-state index < -0.39 is 10.9 Å². The van der Waals surface area contributed by atoms with Crippen LogP contribution in [0.3, 0.4) is 0 Å². The molecule has 0 unspecified atom stereocenters. The molecule has 0 aromatic heterocycles. The maximum Gasteiger partial charge on any atom is 0.264 e. The van der Waals surface area contributed by atoms with E-state index in [9.17, 15) is 9.59 Å². The van der Waals surface area contributed by atoms with E-state index in [1.807, 2.05) is 18.2 Å². The van der Waals surface area contributed by atoms with Gasteiger partial charge in [0.25, 0.3) is 5.12 Å². The maximum atomic E-state index is 12.1. The zero-order valence-electron chi connectivity index (χ0n) is 10.4. The molecule has 20 heavy (non-hydrogen) atoms. The summed E-state index contributed by atoms with van der Waals surface area (Å²) in [5, 5.41) is -0.518. The Bertz CT molecular complexity index is 667. The fourth-order valence-electron chi connectivity index (χ4n) is 1.80. The fourth-order valence-corrected chi connectivity index (χ4v) is 2.52. The van der Waals surface area contributed by atoms with Crippen molar-refractivity contribution in [3.63, 3.8) is 0 Å². The summed E-state index contributed by atoms with van der Waals surface area (Å²) in [5.41, 5.74) is 0.308. The zero-order valence-corrected chi connectivity index (χ0v) is 11.2. The Labute approximate surface area is 119 Å². The van der Waals surface area contributed by atoms with E-state index in [4.69, 9.17) is 9.47 Å². The van der Waals surface area contributed by atoms with Gasteiger partial charge in [0, 0.05) is 10.5 Å². The molecule has 4 nitrogen and oxygen atoms in total. The standard InChI is InChI=1S/C15H10O4S/c16-14(15(17)20-11-4-2-1-3-5-11)10-6-7-12-13(8-10)19-9-18-12/h1-8H,9H2. The number of hydrogen-bond acceptors (Lipinski definition) is 5. The molecule has 0 saturated carbocycles. The first-order valence-corrected chi connectivity index (χ1v) is 6.77. The highest BCUT2D eigenvalue weighted by Crippen LogP contribution is 2.33.